The Morgan fingerprint density at radius 3 is 1.61 bits per heavy atom. The monoisotopic (exact) mass is 463 g/mol. The fourth-order valence-electron chi connectivity index (χ4n) is 7.72. The number of rotatable bonds is 19. The van der Waals surface area contributed by atoms with E-state index in [1.165, 1.54) is 109 Å². The third kappa shape index (κ3) is 10.7. The van der Waals surface area contributed by atoms with Gasteiger partial charge >= 0.3 is 0 Å². The first-order valence-electron chi connectivity index (χ1n) is 15.9. The van der Waals surface area contributed by atoms with Gasteiger partial charge in [0.05, 0.1) is 0 Å². The number of unbranched alkanes of at least 4 members (excludes halogenated alkanes) is 7. The summed E-state index contributed by atoms with van der Waals surface area (Å²) in [5.74, 6) is 7.54. The van der Waals surface area contributed by atoms with E-state index in [1.54, 1.807) is 0 Å². The molecule has 1 aliphatic rings. The molecule has 0 aliphatic heterocycles. The summed E-state index contributed by atoms with van der Waals surface area (Å²) in [4.78, 5) is 0. The van der Waals surface area contributed by atoms with Crippen LogP contribution in [0, 0.1) is 47.3 Å². The lowest BCUT2D eigenvalue weighted by atomic mass is 9.55. The highest BCUT2D eigenvalue weighted by atomic mass is 14.5. The average molecular weight is 463 g/mol. The maximum absolute atomic E-state index is 2.66. The van der Waals surface area contributed by atoms with Crippen LogP contribution >= 0.6 is 0 Å². The van der Waals surface area contributed by atoms with E-state index in [9.17, 15) is 0 Å². The Morgan fingerprint density at radius 2 is 1.09 bits per heavy atom. The minimum absolute atomic E-state index is 0.848. The standard InChI is InChI=1S/C33H66/c1-9-13-16-18-21-28(8)30(23-19-17-14-10-2)32-25-20-24-31(33(32)27(7)12-4)29(26(5)6)22-15-11-3/h26-33H,9-25H2,1-8H3. The molecule has 0 heterocycles. The van der Waals surface area contributed by atoms with E-state index in [1.807, 2.05) is 0 Å². The van der Waals surface area contributed by atoms with Crippen LogP contribution in [0.2, 0.25) is 0 Å². The maximum Gasteiger partial charge on any atom is -0.0326 e. The summed E-state index contributed by atoms with van der Waals surface area (Å²) in [6.07, 6.45) is 24.7. The zero-order valence-corrected chi connectivity index (χ0v) is 24.6. The molecule has 198 valence electrons. The van der Waals surface area contributed by atoms with Crippen molar-refractivity contribution in [2.45, 2.75) is 165 Å². The Hall–Kier alpha value is 0. The molecule has 0 bridgehead atoms. The van der Waals surface area contributed by atoms with Crippen molar-refractivity contribution in [2.24, 2.45) is 47.3 Å². The van der Waals surface area contributed by atoms with Crippen molar-refractivity contribution in [3.05, 3.63) is 0 Å². The average Bonchev–Trinajstić information content (AvgIpc) is 2.81. The van der Waals surface area contributed by atoms with E-state index in [0.717, 1.165) is 47.3 Å². The molecule has 33 heavy (non-hydrogen) atoms. The van der Waals surface area contributed by atoms with Gasteiger partial charge in [0.2, 0.25) is 0 Å². The van der Waals surface area contributed by atoms with Gasteiger partial charge in [-0.05, 0) is 73.0 Å². The number of hydrogen-bond donors (Lipinski definition) is 0. The van der Waals surface area contributed by atoms with Crippen molar-refractivity contribution in [1.82, 2.24) is 0 Å². The first-order valence-corrected chi connectivity index (χ1v) is 15.9. The van der Waals surface area contributed by atoms with E-state index < -0.39 is 0 Å². The molecule has 0 amide bonds. The van der Waals surface area contributed by atoms with Gasteiger partial charge in [-0.2, -0.15) is 0 Å². The van der Waals surface area contributed by atoms with E-state index in [4.69, 9.17) is 0 Å². The van der Waals surface area contributed by atoms with Gasteiger partial charge in [-0.3, -0.25) is 0 Å². The van der Waals surface area contributed by atoms with Crippen molar-refractivity contribution in [3.63, 3.8) is 0 Å². The molecule has 0 aromatic rings. The van der Waals surface area contributed by atoms with Crippen LogP contribution in [-0.4, -0.2) is 0 Å². The fourth-order valence-corrected chi connectivity index (χ4v) is 7.72. The molecule has 0 aromatic carbocycles. The van der Waals surface area contributed by atoms with Gasteiger partial charge < -0.3 is 0 Å². The summed E-state index contributed by atoms with van der Waals surface area (Å²) >= 11 is 0. The lowest BCUT2D eigenvalue weighted by molar-refractivity contribution is -0.00939. The van der Waals surface area contributed by atoms with Crippen LogP contribution in [0.25, 0.3) is 0 Å². The van der Waals surface area contributed by atoms with Crippen molar-refractivity contribution in [1.29, 1.82) is 0 Å². The molecule has 0 aromatic heterocycles. The fraction of sp³-hybridized carbons (Fsp3) is 1.00. The smallest absolute Gasteiger partial charge is 0.0326 e. The Morgan fingerprint density at radius 1 is 0.576 bits per heavy atom. The summed E-state index contributed by atoms with van der Waals surface area (Å²) in [6.45, 7) is 19.9. The molecule has 0 N–H and O–H groups in total. The van der Waals surface area contributed by atoms with Crippen LogP contribution in [-0.2, 0) is 0 Å². The number of hydrogen-bond acceptors (Lipinski definition) is 0. The molecular weight excluding hydrogens is 396 g/mol. The van der Waals surface area contributed by atoms with Crippen molar-refractivity contribution >= 4 is 0 Å². The molecule has 1 rings (SSSR count). The largest absolute Gasteiger partial charge is 0.0654 e. The molecule has 0 nitrogen and oxygen atoms in total. The molecule has 1 aliphatic carbocycles. The zero-order valence-electron chi connectivity index (χ0n) is 24.6. The van der Waals surface area contributed by atoms with Crippen LogP contribution < -0.4 is 0 Å². The Balaban J connectivity index is 3.12. The van der Waals surface area contributed by atoms with Gasteiger partial charge in [0.25, 0.3) is 0 Å². The van der Waals surface area contributed by atoms with E-state index in [2.05, 4.69) is 55.4 Å². The summed E-state index contributed by atoms with van der Waals surface area (Å²) in [6, 6.07) is 0. The van der Waals surface area contributed by atoms with Crippen molar-refractivity contribution in [3.8, 4) is 0 Å². The molecule has 0 radical (unpaired) electrons. The summed E-state index contributed by atoms with van der Waals surface area (Å²) in [7, 11) is 0. The van der Waals surface area contributed by atoms with Gasteiger partial charge in [-0.25, -0.2) is 0 Å². The highest BCUT2D eigenvalue weighted by molar-refractivity contribution is 4.93. The van der Waals surface area contributed by atoms with Crippen LogP contribution in [0.1, 0.15) is 165 Å². The van der Waals surface area contributed by atoms with Crippen molar-refractivity contribution < 1.29 is 0 Å². The second-order valence-electron chi connectivity index (χ2n) is 12.6. The van der Waals surface area contributed by atoms with Crippen LogP contribution in [0.15, 0.2) is 0 Å². The minimum Gasteiger partial charge on any atom is -0.0654 e. The maximum atomic E-state index is 2.66. The molecule has 1 saturated carbocycles. The molecule has 1 fully saturated rings. The minimum atomic E-state index is 0.848. The molecular formula is C33H66. The van der Waals surface area contributed by atoms with Crippen LogP contribution in [0.3, 0.4) is 0 Å². The SMILES string of the molecule is CCCCCCC(C)C(CCCCCC)C1CCCC(C(CCCC)C(C)C)C1C(C)CC. The summed E-state index contributed by atoms with van der Waals surface area (Å²) in [5, 5.41) is 0. The highest BCUT2D eigenvalue weighted by Crippen LogP contribution is 2.52. The summed E-state index contributed by atoms with van der Waals surface area (Å²) in [5.41, 5.74) is 0. The normalized spacial score (nSPS) is 25.2. The Labute approximate surface area is 211 Å². The zero-order chi connectivity index (χ0) is 24.6. The lowest BCUT2D eigenvalue weighted by Crippen LogP contribution is -2.43. The third-order valence-corrected chi connectivity index (χ3v) is 9.85. The van der Waals surface area contributed by atoms with E-state index >= 15 is 0 Å². The highest BCUT2D eigenvalue weighted by Gasteiger charge is 2.44. The predicted molar refractivity (Wildman–Crippen MR) is 152 cm³/mol. The van der Waals surface area contributed by atoms with Gasteiger partial charge in [0, 0.05) is 0 Å². The summed E-state index contributed by atoms with van der Waals surface area (Å²) < 4.78 is 0. The van der Waals surface area contributed by atoms with Gasteiger partial charge in [-0.15, -0.1) is 0 Å². The molecule has 0 saturated heterocycles. The Kier molecular flexibility index (Phi) is 17.2. The first-order chi connectivity index (χ1) is 15.9. The predicted octanol–water partition coefficient (Wildman–Crippen LogP) is 11.7. The molecule has 7 unspecified atom stereocenters. The third-order valence-electron chi connectivity index (χ3n) is 9.85. The first kappa shape index (κ1) is 31.0. The molecule has 0 heteroatoms. The van der Waals surface area contributed by atoms with E-state index in [-0.39, 0.29) is 0 Å². The molecule has 0 spiro atoms. The van der Waals surface area contributed by atoms with Gasteiger partial charge in [0.15, 0.2) is 0 Å². The van der Waals surface area contributed by atoms with Gasteiger partial charge in [-0.1, -0.05) is 139 Å². The van der Waals surface area contributed by atoms with Crippen LogP contribution in [0.4, 0.5) is 0 Å². The Bertz CT molecular complexity index is 437. The second-order valence-corrected chi connectivity index (χ2v) is 12.6. The topological polar surface area (TPSA) is 0 Å². The quantitative estimate of drug-likeness (QED) is 0.167. The van der Waals surface area contributed by atoms with E-state index in [0.29, 0.717) is 0 Å². The van der Waals surface area contributed by atoms with Gasteiger partial charge in [0.1, 0.15) is 0 Å². The van der Waals surface area contributed by atoms with Crippen molar-refractivity contribution in [2.75, 3.05) is 0 Å². The lowest BCUT2D eigenvalue weighted by Gasteiger charge is -2.50. The second kappa shape index (κ2) is 18.3. The van der Waals surface area contributed by atoms with Crippen LogP contribution in [0.5, 0.6) is 0 Å². The molecule has 7 atom stereocenters.